The van der Waals surface area contributed by atoms with E-state index in [1.165, 1.54) is 6.21 Å². The van der Waals surface area contributed by atoms with Crippen LogP contribution in [-0.4, -0.2) is 19.4 Å². The van der Waals surface area contributed by atoms with Gasteiger partial charge in [-0.25, -0.2) is 8.42 Å². The van der Waals surface area contributed by atoms with Gasteiger partial charge in [-0.05, 0) is 44.5 Å². The molecule has 0 amide bonds. The van der Waals surface area contributed by atoms with Crippen LogP contribution in [0, 0.1) is 0 Å². The number of fused-ring (bicyclic) bond motifs is 1. The van der Waals surface area contributed by atoms with Gasteiger partial charge in [-0.2, -0.15) is 4.40 Å². The Morgan fingerprint density at radius 2 is 2.05 bits per heavy atom. The van der Waals surface area contributed by atoms with Gasteiger partial charge in [0.1, 0.15) is 6.61 Å². The zero-order valence-corrected chi connectivity index (χ0v) is 14.0. The Hall–Kier alpha value is -1.14. The first kappa shape index (κ1) is 15.3. The topological polar surface area (TPSA) is 55.7 Å². The van der Waals surface area contributed by atoms with Crippen molar-refractivity contribution in [3.8, 4) is 0 Å². The molecule has 20 heavy (non-hydrogen) atoms. The first-order valence-electron chi connectivity index (χ1n) is 6.11. The van der Waals surface area contributed by atoms with Crippen LogP contribution in [-0.2, 0) is 21.4 Å². The van der Waals surface area contributed by atoms with E-state index in [1.54, 1.807) is 27.0 Å². The van der Waals surface area contributed by atoms with Crippen LogP contribution in [0.5, 0.6) is 0 Å². The van der Waals surface area contributed by atoms with E-state index in [0.717, 1.165) is 21.2 Å². The number of rotatable bonds is 2. The van der Waals surface area contributed by atoms with Crippen LogP contribution in [0.15, 0.2) is 27.3 Å². The Labute approximate surface area is 127 Å². The van der Waals surface area contributed by atoms with E-state index >= 15 is 0 Å². The molecule has 0 spiro atoms. The Balaban J connectivity index is 2.45. The third-order valence-electron chi connectivity index (χ3n) is 2.96. The summed E-state index contributed by atoms with van der Waals surface area (Å²) in [4.78, 5) is 0. The lowest BCUT2D eigenvalue weighted by atomic mass is 10.0. The molecule has 6 heteroatoms. The quantitative estimate of drug-likeness (QED) is 0.761. The normalized spacial score (nSPS) is 15.2. The van der Waals surface area contributed by atoms with Gasteiger partial charge in [0, 0.05) is 21.8 Å². The van der Waals surface area contributed by atoms with Crippen LogP contribution in [0.2, 0.25) is 0 Å². The molecule has 2 rings (SSSR count). The van der Waals surface area contributed by atoms with E-state index in [9.17, 15) is 8.42 Å². The van der Waals surface area contributed by atoms with E-state index in [0.29, 0.717) is 6.61 Å². The molecule has 1 heterocycles. The van der Waals surface area contributed by atoms with Crippen molar-refractivity contribution in [2.24, 2.45) is 4.40 Å². The fraction of sp³-hybridized carbons (Fsp3) is 0.357. The fourth-order valence-corrected chi connectivity index (χ4v) is 2.71. The van der Waals surface area contributed by atoms with Crippen molar-refractivity contribution in [2.45, 2.75) is 32.1 Å². The van der Waals surface area contributed by atoms with Crippen LogP contribution >= 0.6 is 15.9 Å². The second kappa shape index (κ2) is 5.33. The van der Waals surface area contributed by atoms with Crippen molar-refractivity contribution in [2.75, 3.05) is 0 Å². The molecule has 0 aromatic heterocycles. The molecule has 4 nitrogen and oxygen atoms in total. The lowest BCUT2D eigenvalue weighted by Crippen LogP contribution is -2.25. The average molecular weight is 358 g/mol. The van der Waals surface area contributed by atoms with E-state index < -0.39 is 14.8 Å². The molecule has 0 unspecified atom stereocenters. The second-order valence-electron chi connectivity index (χ2n) is 5.50. The molecule has 1 aliphatic heterocycles. The van der Waals surface area contributed by atoms with Crippen molar-refractivity contribution in [3.63, 3.8) is 0 Å². The minimum atomic E-state index is -3.54. The molecule has 0 saturated carbocycles. The monoisotopic (exact) mass is 357 g/mol. The summed E-state index contributed by atoms with van der Waals surface area (Å²) in [5, 5.41) is 0. The summed E-state index contributed by atoms with van der Waals surface area (Å²) < 4.78 is 33.1. The molecule has 0 bridgehead atoms. The maximum absolute atomic E-state index is 12.0. The Morgan fingerprint density at radius 3 is 2.70 bits per heavy atom. The molecular formula is C14H16BrNO3S. The molecule has 0 fully saturated rings. The first-order valence-corrected chi connectivity index (χ1v) is 8.34. The number of halogens is 1. The standard InChI is InChI=1S/C14H16BrNO3S/c1-14(2,3)20(17,18)16-8-11-7-12(15)6-10-4-5-19-9-13(10)11/h4-8H,9H2,1-3H3/b16-8+. The molecule has 0 saturated heterocycles. The zero-order chi connectivity index (χ0) is 15.0. The molecule has 1 aliphatic rings. The van der Waals surface area contributed by atoms with E-state index in [4.69, 9.17) is 4.74 Å². The van der Waals surface area contributed by atoms with Crippen LogP contribution in [0.25, 0.3) is 6.08 Å². The highest BCUT2D eigenvalue weighted by Gasteiger charge is 2.27. The first-order chi connectivity index (χ1) is 9.21. The van der Waals surface area contributed by atoms with Crippen molar-refractivity contribution >= 4 is 38.2 Å². The lowest BCUT2D eigenvalue weighted by Gasteiger charge is -2.16. The molecule has 1 aromatic rings. The zero-order valence-electron chi connectivity index (χ0n) is 11.6. The van der Waals surface area contributed by atoms with E-state index in [2.05, 4.69) is 20.3 Å². The maximum atomic E-state index is 12.0. The number of nitrogens with zero attached hydrogens (tertiary/aromatic N) is 1. The smallest absolute Gasteiger partial charge is 0.258 e. The molecule has 0 N–H and O–H groups in total. The summed E-state index contributed by atoms with van der Waals surface area (Å²) in [6.07, 6.45) is 4.87. The fourth-order valence-electron chi connectivity index (χ4n) is 1.65. The summed E-state index contributed by atoms with van der Waals surface area (Å²) in [6.45, 7) is 5.29. The van der Waals surface area contributed by atoms with Gasteiger partial charge in [0.15, 0.2) is 0 Å². The second-order valence-corrected chi connectivity index (χ2v) is 8.80. The predicted octanol–water partition coefficient (Wildman–Crippen LogP) is 3.50. The van der Waals surface area contributed by atoms with Crippen LogP contribution in [0.3, 0.4) is 0 Å². The predicted molar refractivity (Wildman–Crippen MR) is 84.2 cm³/mol. The molecule has 0 aliphatic carbocycles. The van der Waals surface area contributed by atoms with Crippen molar-refractivity contribution in [1.29, 1.82) is 0 Å². The van der Waals surface area contributed by atoms with Crippen LogP contribution < -0.4 is 0 Å². The Morgan fingerprint density at radius 1 is 1.35 bits per heavy atom. The third kappa shape index (κ3) is 3.12. The minimum absolute atomic E-state index is 0.413. The minimum Gasteiger partial charge on any atom is -0.496 e. The van der Waals surface area contributed by atoms with Gasteiger partial charge in [-0.3, -0.25) is 0 Å². The van der Waals surface area contributed by atoms with Gasteiger partial charge in [-0.1, -0.05) is 15.9 Å². The Bertz CT molecular complexity index is 685. The van der Waals surface area contributed by atoms with Gasteiger partial charge in [0.25, 0.3) is 10.0 Å². The molecule has 1 aromatic carbocycles. The number of benzene rings is 1. The number of hydrogen-bond acceptors (Lipinski definition) is 3. The summed E-state index contributed by atoms with van der Waals surface area (Å²) >= 11 is 3.42. The molecule has 108 valence electrons. The molecule has 0 radical (unpaired) electrons. The number of sulfonamides is 1. The highest BCUT2D eigenvalue weighted by Crippen LogP contribution is 2.26. The van der Waals surface area contributed by atoms with Crippen molar-refractivity contribution < 1.29 is 13.2 Å². The number of hydrogen-bond donors (Lipinski definition) is 0. The van der Waals surface area contributed by atoms with Gasteiger partial charge in [-0.15, -0.1) is 0 Å². The van der Waals surface area contributed by atoms with Gasteiger partial charge < -0.3 is 4.74 Å². The highest BCUT2D eigenvalue weighted by molar-refractivity contribution is 9.10. The van der Waals surface area contributed by atoms with Crippen LogP contribution in [0.4, 0.5) is 0 Å². The van der Waals surface area contributed by atoms with Gasteiger partial charge in [0.2, 0.25) is 0 Å². The van der Waals surface area contributed by atoms with Crippen molar-refractivity contribution in [3.05, 3.63) is 39.6 Å². The summed E-state index contributed by atoms with van der Waals surface area (Å²) in [5.74, 6) is 0. The summed E-state index contributed by atoms with van der Waals surface area (Å²) in [5.41, 5.74) is 2.68. The summed E-state index contributed by atoms with van der Waals surface area (Å²) in [6, 6.07) is 3.80. The SMILES string of the molecule is CC(C)(C)S(=O)(=O)/N=C/c1cc(Br)cc2c1COC=C2. The van der Waals surface area contributed by atoms with Gasteiger partial charge in [0.05, 0.1) is 11.0 Å². The van der Waals surface area contributed by atoms with Crippen LogP contribution in [0.1, 0.15) is 37.5 Å². The largest absolute Gasteiger partial charge is 0.496 e. The average Bonchev–Trinajstić information content (AvgIpc) is 2.34. The Kier molecular flexibility index (Phi) is 4.07. The number of ether oxygens (including phenoxy) is 1. The highest BCUT2D eigenvalue weighted by atomic mass is 79.9. The van der Waals surface area contributed by atoms with E-state index in [1.807, 2.05) is 18.2 Å². The summed E-state index contributed by atoms with van der Waals surface area (Å²) in [7, 11) is -3.54. The lowest BCUT2D eigenvalue weighted by molar-refractivity contribution is 0.234. The van der Waals surface area contributed by atoms with Crippen molar-refractivity contribution in [1.82, 2.24) is 0 Å². The molecular weight excluding hydrogens is 342 g/mol. The molecule has 0 atom stereocenters. The third-order valence-corrected chi connectivity index (χ3v) is 5.35. The van der Waals surface area contributed by atoms with E-state index in [-0.39, 0.29) is 0 Å². The maximum Gasteiger partial charge on any atom is 0.258 e. The van der Waals surface area contributed by atoms with Gasteiger partial charge >= 0.3 is 0 Å².